The number of likely N-dealkylation sites (N-methyl/N-ethyl adjacent to an activating group) is 1. The van der Waals surface area contributed by atoms with E-state index in [0.717, 1.165) is 6.54 Å². The van der Waals surface area contributed by atoms with Crippen molar-refractivity contribution in [2.75, 3.05) is 20.1 Å². The second-order valence-electron chi connectivity index (χ2n) is 4.47. The van der Waals surface area contributed by atoms with E-state index < -0.39 is 0 Å². The molecule has 1 unspecified atom stereocenters. The molecule has 0 aromatic heterocycles. The van der Waals surface area contributed by atoms with Gasteiger partial charge in [-0.15, -0.1) is 0 Å². The minimum Gasteiger partial charge on any atom is -0.374 e. The van der Waals surface area contributed by atoms with Crippen LogP contribution in [0, 0.1) is 5.92 Å². The Bertz CT molecular complexity index is 149. The predicted octanol–water partition coefficient (Wildman–Crippen LogP) is 2.14. The second kappa shape index (κ2) is 4.97. The van der Waals surface area contributed by atoms with Crippen molar-refractivity contribution in [2.24, 2.45) is 5.92 Å². The summed E-state index contributed by atoms with van der Waals surface area (Å²) >= 11 is 0. The van der Waals surface area contributed by atoms with Gasteiger partial charge in [-0.1, -0.05) is 20.3 Å². The van der Waals surface area contributed by atoms with Crippen molar-refractivity contribution in [3.05, 3.63) is 0 Å². The molecule has 0 saturated carbocycles. The van der Waals surface area contributed by atoms with Gasteiger partial charge in [0.15, 0.2) is 0 Å². The topological polar surface area (TPSA) is 12.5 Å². The maximum absolute atomic E-state index is 5.99. The molecule has 1 fully saturated rings. The number of hydrogen-bond acceptors (Lipinski definition) is 2. The summed E-state index contributed by atoms with van der Waals surface area (Å²) in [5.41, 5.74) is 0. The van der Waals surface area contributed by atoms with Crippen LogP contribution in [0.1, 0.15) is 33.6 Å². The molecule has 0 radical (unpaired) electrons. The van der Waals surface area contributed by atoms with Crippen molar-refractivity contribution in [1.82, 2.24) is 4.90 Å². The standard InChI is InChI=1S/C11H23NO/c1-5-6-10(3)13-11-8-12(4)7-9(11)2/h9-11H,5-8H2,1-4H3/t9-,10?,11-/m0/s1. The molecule has 0 bridgehead atoms. The van der Waals surface area contributed by atoms with E-state index in [-0.39, 0.29) is 0 Å². The van der Waals surface area contributed by atoms with E-state index in [1.165, 1.54) is 19.4 Å². The highest BCUT2D eigenvalue weighted by atomic mass is 16.5. The summed E-state index contributed by atoms with van der Waals surface area (Å²) < 4.78 is 5.99. The highest BCUT2D eigenvalue weighted by Gasteiger charge is 2.28. The molecule has 3 atom stereocenters. The molecule has 1 heterocycles. The smallest absolute Gasteiger partial charge is 0.0743 e. The second-order valence-corrected chi connectivity index (χ2v) is 4.47. The van der Waals surface area contributed by atoms with Crippen LogP contribution in [0.2, 0.25) is 0 Å². The van der Waals surface area contributed by atoms with Crippen molar-refractivity contribution < 1.29 is 4.74 Å². The van der Waals surface area contributed by atoms with E-state index in [1.807, 2.05) is 0 Å². The largest absolute Gasteiger partial charge is 0.374 e. The van der Waals surface area contributed by atoms with Gasteiger partial charge in [-0.05, 0) is 26.3 Å². The first kappa shape index (κ1) is 11.0. The van der Waals surface area contributed by atoms with Gasteiger partial charge in [0.05, 0.1) is 12.2 Å². The van der Waals surface area contributed by atoms with Crippen LogP contribution >= 0.6 is 0 Å². The fourth-order valence-corrected chi connectivity index (χ4v) is 2.12. The molecule has 13 heavy (non-hydrogen) atoms. The number of hydrogen-bond donors (Lipinski definition) is 0. The van der Waals surface area contributed by atoms with Crippen LogP contribution in [-0.2, 0) is 4.74 Å². The van der Waals surface area contributed by atoms with Gasteiger partial charge in [-0.25, -0.2) is 0 Å². The number of nitrogens with zero attached hydrogens (tertiary/aromatic N) is 1. The van der Waals surface area contributed by atoms with Crippen LogP contribution in [0.3, 0.4) is 0 Å². The third-order valence-corrected chi connectivity index (χ3v) is 2.83. The van der Waals surface area contributed by atoms with Gasteiger partial charge in [-0.3, -0.25) is 0 Å². The van der Waals surface area contributed by atoms with Crippen molar-refractivity contribution >= 4 is 0 Å². The average molecular weight is 185 g/mol. The molecule has 1 rings (SSSR count). The third-order valence-electron chi connectivity index (χ3n) is 2.83. The average Bonchev–Trinajstić information content (AvgIpc) is 2.30. The Morgan fingerprint density at radius 3 is 2.62 bits per heavy atom. The van der Waals surface area contributed by atoms with Gasteiger partial charge < -0.3 is 9.64 Å². The van der Waals surface area contributed by atoms with E-state index in [2.05, 4.69) is 32.7 Å². The van der Waals surface area contributed by atoms with Crippen LogP contribution in [0.25, 0.3) is 0 Å². The lowest BCUT2D eigenvalue weighted by Gasteiger charge is -2.20. The maximum Gasteiger partial charge on any atom is 0.0743 e. The van der Waals surface area contributed by atoms with Crippen LogP contribution in [0.4, 0.5) is 0 Å². The maximum atomic E-state index is 5.99. The molecule has 0 aromatic rings. The Morgan fingerprint density at radius 2 is 2.15 bits per heavy atom. The summed E-state index contributed by atoms with van der Waals surface area (Å²) in [6, 6.07) is 0. The van der Waals surface area contributed by atoms with Gasteiger partial charge in [0.25, 0.3) is 0 Å². The Kier molecular flexibility index (Phi) is 4.20. The summed E-state index contributed by atoms with van der Waals surface area (Å²) in [7, 11) is 2.17. The van der Waals surface area contributed by atoms with Gasteiger partial charge in [0.1, 0.15) is 0 Å². The van der Waals surface area contributed by atoms with Crippen LogP contribution in [0.5, 0.6) is 0 Å². The zero-order chi connectivity index (χ0) is 9.84. The van der Waals surface area contributed by atoms with Gasteiger partial charge in [0.2, 0.25) is 0 Å². The summed E-state index contributed by atoms with van der Waals surface area (Å²) in [4.78, 5) is 2.36. The third kappa shape index (κ3) is 3.28. The molecule has 0 N–H and O–H groups in total. The van der Waals surface area contributed by atoms with Gasteiger partial charge in [-0.2, -0.15) is 0 Å². The molecular formula is C11H23NO. The van der Waals surface area contributed by atoms with E-state index in [0.29, 0.717) is 18.1 Å². The van der Waals surface area contributed by atoms with E-state index in [1.54, 1.807) is 0 Å². The highest BCUT2D eigenvalue weighted by molar-refractivity contribution is 4.80. The molecule has 0 aliphatic carbocycles. The lowest BCUT2D eigenvalue weighted by Crippen LogP contribution is -2.26. The number of rotatable bonds is 4. The summed E-state index contributed by atoms with van der Waals surface area (Å²) in [6.45, 7) is 8.98. The number of likely N-dealkylation sites (tertiary alicyclic amines) is 1. The first-order chi connectivity index (χ1) is 6.13. The quantitative estimate of drug-likeness (QED) is 0.665. The van der Waals surface area contributed by atoms with E-state index in [9.17, 15) is 0 Å². The molecule has 1 aliphatic rings. The Labute approximate surface area is 82.3 Å². The first-order valence-electron chi connectivity index (χ1n) is 5.47. The Balaban J connectivity index is 2.28. The molecule has 2 heteroatoms. The van der Waals surface area contributed by atoms with Crippen LogP contribution in [0.15, 0.2) is 0 Å². The van der Waals surface area contributed by atoms with Gasteiger partial charge >= 0.3 is 0 Å². The molecule has 0 amide bonds. The van der Waals surface area contributed by atoms with Crippen molar-refractivity contribution in [2.45, 2.75) is 45.8 Å². The minimum absolute atomic E-state index is 0.434. The van der Waals surface area contributed by atoms with Crippen LogP contribution in [-0.4, -0.2) is 37.2 Å². The summed E-state index contributed by atoms with van der Waals surface area (Å²) in [5.74, 6) is 0.698. The molecule has 2 nitrogen and oxygen atoms in total. The van der Waals surface area contributed by atoms with Crippen molar-refractivity contribution in [3.8, 4) is 0 Å². The SMILES string of the molecule is CCCC(C)O[C@H]1CN(C)C[C@@H]1C. The van der Waals surface area contributed by atoms with Crippen LogP contribution < -0.4 is 0 Å². The molecule has 1 aliphatic heterocycles. The molecule has 78 valence electrons. The van der Waals surface area contributed by atoms with Gasteiger partial charge in [0, 0.05) is 13.1 Å². The van der Waals surface area contributed by atoms with E-state index >= 15 is 0 Å². The normalized spacial score (nSPS) is 32.3. The lowest BCUT2D eigenvalue weighted by molar-refractivity contribution is -0.0167. The van der Waals surface area contributed by atoms with Crippen molar-refractivity contribution in [3.63, 3.8) is 0 Å². The summed E-state index contributed by atoms with van der Waals surface area (Å²) in [6.07, 6.45) is 3.31. The molecular weight excluding hydrogens is 162 g/mol. The first-order valence-corrected chi connectivity index (χ1v) is 5.47. The number of ether oxygens (including phenoxy) is 1. The fraction of sp³-hybridized carbons (Fsp3) is 1.00. The molecule has 0 aromatic carbocycles. The monoisotopic (exact) mass is 185 g/mol. The predicted molar refractivity (Wildman–Crippen MR) is 55.9 cm³/mol. The highest BCUT2D eigenvalue weighted by Crippen LogP contribution is 2.20. The van der Waals surface area contributed by atoms with Crippen molar-refractivity contribution in [1.29, 1.82) is 0 Å². The van der Waals surface area contributed by atoms with E-state index in [4.69, 9.17) is 4.74 Å². The molecule has 0 spiro atoms. The minimum atomic E-state index is 0.434. The fourth-order valence-electron chi connectivity index (χ4n) is 2.12. The lowest BCUT2D eigenvalue weighted by atomic mass is 10.1. The Morgan fingerprint density at radius 1 is 1.46 bits per heavy atom. The zero-order valence-electron chi connectivity index (χ0n) is 9.42. The summed E-state index contributed by atoms with van der Waals surface area (Å²) in [5, 5.41) is 0. The molecule has 1 saturated heterocycles. The zero-order valence-corrected chi connectivity index (χ0v) is 9.42. The Hall–Kier alpha value is -0.0800.